The number of fused-ring (bicyclic) bond motifs is 1. The minimum Gasteiger partial charge on any atom is -0.508 e. The van der Waals surface area contributed by atoms with Gasteiger partial charge >= 0.3 is 12.1 Å². The highest BCUT2D eigenvalue weighted by Crippen LogP contribution is 2.38. The van der Waals surface area contributed by atoms with Crippen LogP contribution in [-0.4, -0.2) is 118 Å². The van der Waals surface area contributed by atoms with Crippen LogP contribution in [0.5, 0.6) is 11.5 Å². The molecule has 5 aromatic rings. The molecule has 18 heteroatoms. The Bertz CT molecular complexity index is 2140. The Morgan fingerprint density at radius 1 is 0.945 bits per heavy atom. The number of benzene rings is 2. The van der Waals surface area contributed by atoms with Crippen LogP contribution in [0.25, 0.3) is 11.2 Å². The molecule has 0 spiro atoms. The fourth-order valence-electron chi connectivity index (χ4n) is 7.59. The smallest absolute Gasteiger partial charge is 0.324 e. The molecule has 5 amide bonds. The fraction of sp³-hybridized carbons (Fsp3) is 0.324. The van der Waals surface area contributed by atoms with Crippen LogP contribution in [0.3, 0.4) is 0 Å². The predicted octanol–water partition coefficient (Wildman–Crippen LogP) is 1.86. The van der Waals surface area contributed by atoms with E-state index in [1.807, 2.05) is 29.2 Å². The van der Waals surface area contributed by atoms with Crippen LogP contribution < -0.4 is 26.2 Å². The van der Waals surface area contributed by atoms with Gasteiger partial charge in [-0.1, -0.05) is 24.3 Å². The van der Waals surface area contributed by atoms with Crippen molar-refractivity contribution in [1.29, 1.82) is 0 Å². The lowest BCUT2D eigenvalue weighted by Crippen LogP contribution is -2.46. The summed E-state index contributed by atoms with van der Waals surface area (Å²) in [7, 11) is 0. The van der Waals surface area contributed by atoms with E-state index in [0.29, 0.717) is 54.7 Å². The van der Waals surface area contributed by atoms with Crippen LogP contribution in [-0.2, 0) is 4.79 Å². The summed E-state index contributed by atoms with van der Waals surface area (Å²) >= 11 is 0. The molecule has 18 nitrogen and oxygen atoms in total. The van der Waals surface area contributed by atoms with Crippen molar-refractivity contribution in [2.24, 2.45) is 0 Å². The quantitative estimate of drug-likeness (QED) is 0.0953. The molecule has 1 unspecified atom stereocenters. The van der Waals surface area contributed by atoms with Crippen molar-refractivity contribution in [3.8, 4) is 11.5 Å². The standard InChI is InChI=1S/C37H39N11O7/c49-24-7-3-20(4-8-24)26(21-5-9-25(50)10-6-21)16-39-33-30-34(47(19-41-30)27-14-28(32(53)31(27)52)48-29(51)17-40-37(48)55)45-35(44-33)46-13-11-23(18-46)43-36(54)42-22-2-1-12-38-15-22/h1-10,12,15,19,23,26-28,31-32,49-50,52-53H,11,13-14,16-18H2,(H,40,55)(H,39,44,45)(H2,42,43,54)/t23?,27-,28+,31+,32-/m1/s1. The van der Waals surface area contributed by atoms with Crippen molar-refractivity contribution in [2.45, 2.75) is 49.1 Å². The maximum Gasteiger partial charge on any atom is 0.324 e. The van der Waals surface area contributed by atoms with Gasteiger partial charge in [0.15, 0.2) is 17.0 Å². The summed E-state index contributed by atoms with van der Waals surface area (Å²) in [6.07, 6.45) is 2.56. The van der Waals surface area contributed by atoms with Crippen LogP contribution in [0.15, 0.2) is 79.4 Å². The van der Waals surface area contributed by atoms with Gasteiger partial charge in [0.25, 0.3) is 0 Å². The lowest BCUT2D eigenvalue weighted by molar-refractivity contribution is -0.128. The van der Waals surface area contributed by atoms with E-state index in [1.165, 1.54) is 6.33 Å². The van der Waals surface area contributed by atoms with Gasteiger partial charge in [-0.3, -0.25) is 14.7 Å². The molecule has 3 aliphatic rings. The Morgan fingerprint density at radius 2 is 1.65 bits per heavy atom. The minimum atomic E-state index is -1.41. The lowest BCUT2D eigenvalue weighted by atomic mass is 9.91. The van der Waals surface area contributed by atoms with Crippen molar-refractivity contribution in [3.63, 3.8) is 0 Å². The number of nitrogens with one attached hydrogen (secondary N) is 4. The average Bonchev–Trinajstić information content (AvgIpc) is 3.97. The van der Waals surface area contributed by atoms with E-state index in [1.54, 1.807) is 53.4 Å². The number of carbonyl (C=O) groups is 3. The Hall–Kier alpha value is -6.53. The monoisotopic (exact) mass is 749 g/mol. The zero-order valence-corrected chi connectivity index (χ0v) is 29.4. The largest absolute Gasteiger partial charge is 0.508 e. The Balaban J connectivity index is 1.11. The molecule has 284 valence electrons. The Labute approximate surface area is 313 Å². The number of imidazole rings is 1. The summed E-state index contributed by atoms with van der Waals surface area (Å²) in [5.74, 6) is 0.212. The molecule has 3 fully saturated rings. The first-order valence-corrected chi connectivity index (χ1v) is 17.9. The molecule has 8 N–H and O–H groups in total. The summed E-state index contributed by atoms with van der Waals surface area (Å²) in [6.45, 7) is 1.03. The first-order chi connectivity index (χ1) is 26.6. The van der Waals surface area contributed by atoms with Crippen molar-refractivity contribution in [3.05, 3.63) is 90.5 Å². The number of carbonyl (C=O) groups excluding carboxylic acids is 3. The minimum absolute atomic E-state index is 0.0561. The van der Waals surface area contributed by atoms with Gasteiger partial charge in [0, 0.05) is 37.8 Å². The lowest BCUT2D eigenvalue weighted by Gasteiger charge is -2.23. The maximum atomic E-state index is 12.8. The molecule has 0 bridgehead atoms. The number of rotatable bonds is 10. The second-order valence-electron chi connectivity index (χ2n) is 13.9. The van der Waals surface area contributed by atoms with Gasteiger partial charge in [-0.15, -0.1) is 0 Å². The van der Waals surface area contributed by atoms with Gasteiger partial charge in [-0.2, -0.15) is 9.97 Å². The zero-order valence-electron chi connectivity index (χ0n) is 29.4. The van der Waals surface area contributed by atoms with E-state index in [-0.39, 0.29) is 42.5 Å². The Kier molecular flexibility index (Phi) is 9.50. The van der Waals surface area contributed by atoms with Gasteiger partial charge in [0.2, 0.25) is 11.9 Å². The van der Waals surface area contributed by atoms with Gasteiger partial charge in [0.05, 0.1) is 36.8 Å². The third-order valence-corrected chi connectivity index (χ3v) is 10.4. The number of pyridine rings is 1. The molecule has 1 aliphatic carbocycles. The number of amides is 5. The van der Waals surface area contributed by atoms with Crippen LogP contribution >= 0.6 is 0 Å². The van der Waals surface area contributed by atoms with Crippen LogP contribution in [0.1, 0.15) is 35.9 Å². The van der Waals surface area contributed by atoms with E-state index in [9.17, 15) is 34.8 Å². The summed E-state index contributed by atoms with van der Waals surface area (Å²) in [4.78, 5) is 59.3. The van der Waals surface area contributed by atoms with Gasteiger partial charge < -0.3 is 51.2 Å². The topological polar surface area (TPSA) is 243 Å². The molecular weight excluding hydrogens is 710 g/mol. The molecule has 2 saturated heterocycles. The SMILES string of the molecule is O=C(Nc1cccnc1)NC1CCN(c2nc(NCC(c3ccc(O)cc3)c3ccc(O)cc3)c3ncn([C@@H]4C[C@H](N5C(=O)CNC5=O)[C@@H](O)[C@H]4O)c3n2)C1. The number of aromatic hydroxyl groups is 2. The van der Waals surface area contributed by atoms with Crippen LogP contribution in [0, 0.1) is 0 Å². The molecule has 2 aliphatic heterocycles. The first-order valence-electron chi connectivity index (χ1n) is 17.9. The van der Waals surface area contributed by atoms with Crippen LogP contribution in [0.4, 0.5) is 27.0 Å². The van der Waals surface area contributed by atoms with Gasteiger partial charge in [0.1, 0.15) is 23.7 Å². The highest BCUT2D eigenvalue weighted by Gasteiger charge is 2.50. The van der Waals surface area contributed by atoms with Crippen molar-refractivity contribution in [2.75, 3.05) is 41.7 Å². The number of hydrogen-bond acceptors (Lipinski definition) is 13. The van der Waals surface area contributed by atoms with Crippen molar-refractivity contribution >= 4 is 46.6 Å². The third kappa shape index (κ3) is 7.11. The van der Waals surface area contributed by atoms with Crippen LogP contribution in [0.2, 0.25) is 0 Å². The summed E-state index contributed by atoms with van der Waals surface area (Å²) in [5.41, 5.74) is 3.06. The van der Waals surface area contributed by atoms with E-state index in [0.717, 1.165) is 16.0 Å². The second-order valence-corrected chi connectivity index (χ2v) is 13.9. The predicted molar refractivity (Wildman–Crippen MR) is 199 cm³/mol. The molecule has 3 aromatic heterocycles. The molecule has 5 atom stereocenters. The van der Waals surface area contributed by atoms with E-state index in [2.05, 4.69) is 31.2 Å². The fourth-order valence-corrected chi connectivity index (χ4v) is 7.59. The highest BCUT2D eigenvalue weighted by molar-refractivity contribution is 6.02. The third-order valence-electron chi connectivity index (χ3n) is 10.4. The molecular formula is C37H39N11O7. The van der Waals surface area contributed by atoms with Gasteiger partial charge in [-0.05, 0) is 60.4 Å². The summed E-state index contributed by atoms with van der Waals surface area (Å²) < 4.78 is 1.64. The molecule has 55 heavy (non-hydrogen) atoms. The first kappa shape index (κ1) is 35.5. The zero-order chi connectivity index (χ0) is 38.2. The summed E-state index contributed by atoms with van der Waals surface area (Å²) in [5, 5.41) is 54.1. The van der Waals surface area contributed by atoms with Gasteiger partial charge in [-0.25, -0.2) is 14.6 Å². The Morgan fingerprint density at radius 3 is 2.31 bits per heavy atom. The number of phenolic OH excluding ortho intramolecular Hbond substituents is 2. The number of aliphatic hydroxyl groups excluding tert-OH is 2. The number of hydrogen-bond donors (Lipinski definition) is 8. The number of nitrogens with zero attached hydrogens (tertiary/aromatic N) is 7. The van der Waals surface area contributed by atoms with Crippen molar-refractivity contribution < 1.29 is 34.8 Å². The molecule has 8 rings (SSSR count). The maximum absolute atomic E-state index is 12.8. The molecule has 1 saturated carbocycles. The normalized spacial score (nSPS) is 22.4. The highest BCUT2D eigenvalue weighted by atomic mass is 16.3. The second kappa shape index (κ2) is 14.7. The number of aliphatic hydroxyl groups is 2. The van der Waals surface area contributed by atoms with E-state index in [4.69, 9.17) is 9.97 Å². The van der Waals surface area contributed by atoms with E-state index < -0.39 is 36.2 Å². The number of anilines is 3. The molecule has 0 radical (unpaired) electrons. The number of urea groups is 2. The number of aromatic nitrogens is 5. The average molecular weight is 750 g/mol. The number of phenols is 2. The van der Waals surface area contributed by atoms with E-state index >= 15 is 0 Å². The number of imide groups is 1. The molecule has 2 aromatic carbocycles. The van der Waals surface area contributed by atoms with Crippen molar-refractivity contribution in [1.82, 2.24) is 40.0 Å². The molecule has 5 heterocycles. The summed E-state index contributed by atoms with van der Waals surface area (Å²) in [6, 6.07) is 14.2.